The summed E-state index contributed by atoms with van der Waals surface area (Å²) in [5.74, 6) is 6.10. The summed E-state index contributed by atoms with van der Waals surface area (Å²) in [5, 5.41) is 5.83. The summed E-state index contributed by atoms with van der Waals surface area (Å²) in [7, 11) is 2.05. The Bertz CT molecular complexity index is 527. The van der Waals surface area contributed by atoms with Crippen LogP contribution in [-0.2, 0) is 6.54 Å². The van der Waals surface area contributed by atoms with Crippen molar-refractivity contribution >= 4 is 6.03 Å². The van der Waals surface area contributed by atoms with Crippen molar-refractivity contribution in [3.63, 3.8) is 0 Å². The summed E-state index contributed by atoms with van der Waals surface area (Å²) >= 11 is 0. The van der Waals surface area contributed by atoms with Crippen molar-refractivity contribution in [3.8, 4) is 11.8 Å². The zero-order valence-electron chi connectivity index (χ0n) is 14.0. The summed E-state index contributed by atoms with van der Waals surface area (Å²) < 4.78 is 0. The first kappa shape index (κ1) is 17.4. The van der Waals surface area contributed by atoms with Crippen LogP contribution in [0.3, 0.4) is 0 Å². The highest BCUT2D eigenvalue weighted by atomic mass is 16.2. The first-order chi connectivity index (χ1) is 11.2. The fourth-order valence-electron chi connectivity index (χ4n) is 2.81. The molecule has 0 aromatic heterocycles. The van der Waals surface area contributed by atoms with E-state index in [0.717, 1.165) is 19.4 Å². The monoisotopic (exact) mass is 313 g/mol. The molecule has 2 amide bonds. The molecule has 0 radical (unpaired) electrons. The highest BCUT2D eigenvalue weighted by Crippen LogP contribution is 2.16. The lowest BCUT2D eigenvalue weighted by Crippen LogP contribution is -2.43. The van der Waals surface area contributed by atoms with Crippen LogP contribution < -0.4 is 10.6 Å². The molecule has 1 fully saturated rings. The third-order valence-corrected chi connectivity index (χ3v) is 4.05. The number of carbonyl (C=O) groups is 1. The molecule has 0 heterocycles. The molecule has 0 unspecified atom stereocenters. The number of nitrogens with one attached hydrogen (secondary N) is 2. The molecule has 2 rings (SSSR count). The van der Waals surface area contributed by atoms with E-state index in [9.17, 15) is 4.79 Å². The van der Waals surface area contributed by atoms with Gasteiger partial charge in [-0.15, -0.1) is 0 Å². The van der Waals surface area contributed by atoms with E-state index >= 15 is 0 Å². The topological polar surface area (TPSA) is 44.4 Å². The molecule has 124 valence electrons. The molecular weight excluding hydrogens is 286 g/mol. The van der Waals surface area contributed by atoms with Gasteiger partial charge in [-0.3, -0.25) is 4.90 Å². The molecule has 1 aromatic rings. The lowest BCUT2D eigenvalue weighted by molar-refractivity contribution is 0.234. The number of hydrogen-bond donors (Lipinski definition) is 2. The first-order valence-electron chi connectivity index (χ1n) is 8.46. The summed E-state index contributed by atoms with van der Waals surface area (Å²) in [4.78, 5) is 13.9. The van der Waals surface area contributed by atoms with E-state index in [2.05, 4.69) is 39.5 Å². The predicted octanol–water partition coefficient (Wildman–Crippen LogP) is 2.75. The van der Waals surface area contributed by atoms with Gasteiger partial charge in [0.05, 0.1) is 13.1 Å². The minimum Gasteiger partial charge on any atom is -0.335 e. The summed E-state index contributed by atoms with van der Waals surface area (Å²) in [6.45, 7) is 1.98. The van der Waals surface area contributed by atoms with Crippen LogP contribution in [0.5, 0.6) is 0 Å². The van der Waals surface area contributed by atoms with Crippen molar-refractivity contribution in [2.45, 2.75) is 44.7 Å². The van der Waals surface area contributed by atoms with Gasteiger partial charge in [0.25, 0.3) is 0 Å². The van der Waals surface area contributed by atoms with Crippen molar-refractivity contribution < 1.29 is 4.79 Å². The highest BCUT2D eigenvalue weighted by Gasteiger charge is 2.14. The maximum absolute atomic E-state index is 11.7. The third-order valence-electron chi connectivity index (χ3n) is 4.05. The average molecular weight is 313 g/mol. The smallest absolute Gasteiger partial charge is 0.315 e. The van der Waals surface area contributed by atoms with E-state index in [1.54, 1.807) is 0 Å². The number of urea groups is 1. The Kier molecular flexibility index (Phi) is 7.48. The van der Waals surface area contributed by atoms with E-state index in [4.69, 9.17) is 0 Å². The maximum atomic E-state index is 11.7. The Morgan fingerprint density at radius 1 is 1.17 bits per heavy atom. The molecular formula is C19H27N3O. The Labute approximate surface area is 139 Å². The van der Waals surface area contributed by atoms with Gasteiger partial charge in [0.2, 0.25) is 0 Å². The van der Waals surface area contributed by atoms with Crippen LogP contribution in [0.2, 0.25) is 0 Å². The standard InChI is InChI=1S/C19H27N3O/c1-22(16-17-10-4-2-5-11-17)15-9-8-14-20-19(23)21-18-12-6-3-7-13-18/h2,4-5,10-11,18H,3,6-7,12-16H2,1H3,(H2,20,21,23). The van der Waals surface area contributed by atoms with Gasteiger partial charge in [-0.05, 0) is 25.5 Å². The van der Waals surface area contributed by atoms with Crippen LogP contribution in [0, 0.1) is 11.8 Å². The second kappa shape index (κ2) is 9.91. The molecule has 2 N–H and O–H groups in total. The van der Waals surface area contributed by atoms with Crippen LogP contribution in [0.25, 0.3) is 0 Å². The van der Waals surface area contributed by atoms with Crippen molar-refractivity contribution in [3.05, 3.63) is 35.9 Å². The molecule has 4 nitrogen and oxygen atoms in total. The Hall–Kier alpha value is -1.99. The molecule has 0 bridgehead atoms. The molecule has 0 aliphatic heterocycles. The molecule has 4 heteroatoms. The van der Waals surface area contributed by atoms with E-state index < -0.39 is 0 Å². The number of amides is 2. The SMILES string of the molecule is CN(CC#CCNC(=O)NC1CCCCC1)Cc1ccccc1. The molecule has 1 aromatic carbocycles. The summed E-state index contributed by atoms with van der Waals surface area (Å²) in [5.41, 5.74) is 1.28. The van der Waals surface area contributed by atoms with Crippen LogP contribution in [0.1, 0.15) is 37.7 Å². The van der Waals surface area contributed by atoms with Gasteiger partial charge in [0, 0.05) is 12.6 Å². The molecule has 0 atom stereocenters. The Morgan fingerprint density at radius 3 is 2.65 bits per heavy atom. The Balaban J connectivity index is 1.58. The summed E-state index contributed by atoms with van der Waals surface area (Å²) in [6.07, 6.45) is 5.94. The molecule has 0 saturated heterocycles. The second-order valence-electron chi connectivity index (χ2n) is 6.17. The van der Waals surface area contributed by atoms with Gasteiger partial charge in [0.15, 0.2) is 0 Å². The molecule has 0 spiro atoms. The number of nitrogens with zero attached hydrogens (tertiary/aromatic N) is 1. The second-order valence-corrected chi connectivity index (χ2v) is 6.17. The van der Waals surface area contributed by atoms with Crippen LogP contribution in [0.4, 0.5) is 4.79 Å². The fourth-order valence-corrected chi connectivity index (χ4v) is 2.81. The Morgan fingerprint density at radius 2 is 1.91 bits per heavy atom. The minimum atomic E-state index is -0.0937. The number of benzene rings is 1. The van der Waals surface area contributed by atoms with Gasteiger partial charge in [0.1, 0.15) is 0 Å². The average Bonchev–Trinajstić information content (AvgIpc) is 2.56. The van der Waals surface area contributed by atoms with E-state index in [-0.39, 0.29) is 6.03 Å². The van der Waals surface area contributed by atoms with E-state index in [1.165, 1.54) is 24.8 Å². The highest BCUT2D eigenvalue weighted by molar-refractivity contribution is 5.74. The molecule has 23 heavy (non-hydrogen) atoms. The lowest BCUT2D eigenvalue weighted by atomic mass is 9.96. The number of rotatable bonds is 5. The van der Waals surface area contributed by atoms with E-state index in [1.807, 2.05) is 25.2 Å². The quantitative estimate of drug-likeness (QED) is 0.821. The zero-order chi connectivity index (χ0) is 16.3. The van der Waals surface area contributed by atoms with Crippen molar-refractivity contribution in [2.75, 3.05) is 20.1 Å². The van der Waals surface area contributed by atoms with Crippen molar-refractivity contribution in [2.24, 2.45) is 0 Å². The van der Waals surface area contributed by atoms with Crippen molar-refractivity contribution in [1.29, 1.82) is 0 Å². The predicted molar refractivity (Wildman–Crippen MR) is 94.0 cm³/mol. The third kappa shape index (κ3) is 7.21. The van der Waals surface area contributed by atoms with Gasteiger partial charge < -0.3 is 10.6 Å². The first-order valence-corrected chi connectivity index (χ1v) is 8.46. The van der Waals surface area contributed by atoms with Gasteiger partial charge in [-0.2, -0.15) is 0 Å². The number of hydrogen-bond acceptors (Lipinski definition) is 2. The molecule has 1 aliphatic carbocycles. The normalized spacial score (nSPS) is 14.9. The number of carbonyl (C=O) groups excluding carboxylic acids is 1. The van der Waals surface area contributed by atoms with Crippen LogP contribution in [-0.4, -0.2) is 37.1 Å². The molecule has 1 aliphatic rings. The van der Waals surface area contributed by atoms with Gasteiger partial charge >= 0.3 is 6.03 Å². The fraction of sp³-hybridized carbons (Fsp3) is 0.526. The molecule has 1 saturated carbocycles. The van der Waals surface area contributed by atoms with Crippen molar-refractivity contribution in [1.82, 2.24) is 15.5 Å². The van der Waals surface area contributed by atoms with E-state index in [0.29, 0.717) is 19.1 Å². The summed E-state index contributed by atoms with van der Waals surface area (Å²) in [6, 6.07) is 10.6. The van der Waals surface area contributed by atoms with Gasteiger partial charge in [-0.25, -0.2) is 4.79 Å². The lowest BCUT2D eigenvalue weighted by Gasteiger charge is -2.22. The minimum absolute atomic E-state index is 0.0937. The van der Waals surface area contributed by atoms with Crippen LogP contribution >= 0.6 is 0 Å². The van der Waals surface area contributed by atoms with Gasteiger partial charge in [-0.1, -0.05) is 61.4 Å². The maximum Gasteiger partial charge on any atom is 0.315 e. The largest absolute Gasteiger partial charge is 0.335 e. The van der Waals surface area contributed by atoms with Crippen LogP contribution in [0.15, 0.2) is 30.3 Å². The zero-order valence-corrected chi connectivity index (χ0v) is 14.0.